The minimum atomic E-state index is -2.99. The summed E-state index contributed by atoms with van der Waals surface area (Å²) in [6.07, 6.45) is 3.94. The molecule has 0 radical (unpaired) electrons. The third-order valence-corrected chi connectivity index (χ3v) is 5.96. The van der Waals surface area contributed by atoms with Crippen molar-refractivity contribution in [3.05, 3.63) is 0 Å². The summed E-state index contributed by atoms with van der Waals surface area (Å²) in [5, 5.41) is 10.1. The highest BCUT2D eigenvalue weighted by Gasteiger charge is 2.35. The molecular formula is C13H27NO3S. The summed E-state index contributed by atoms with van der Waals surface area (Å²) in [5.41, 5.74) is 5.72. The van der Waals surface area contributed by atoms with E-state index in [1.807, 2.05) is 0 Å². The van der Waals surface area contributed by atoms with Crippen molar-refractivity contribution in [3.8, 4) is 0 Å². The van der Waals surface area contributed by atoms with E-state index in [2.05, 4.69) is 13.8 Å². The standard InChI is InChI=1S/C13H27NO3S/c1-9(2)12(8-14)13(15)10-5-4-6-11(7-10)18(3,16)17/h9-13,15H,4-8,14H2,1-3H3. The van der Waals surface area contributed by atoms with E-state index in [1.165, 1.54) is 6.26 Å². The highest BCUT2D eigenvalue weighted by molar-refractivity contribution is 7.91. The highest BCUT2D eigenvalue weighted by Crippen LogP contribution is 2.34. The molecule has 5 heteroatoms. The molecule has 108 valence electrons. The van der Waals surface area contributed by atoms with Crippen LogP contribution >= 0.6 is 0 Å². The molecule has 1 aliphatic carbocycles. The fourth-order valence-electron chi connectivity index (χ4n) is 3.04. The van der Waals surface area contributed by atoms with Gasteiger partial charge in [0.15, 0.2) is 0 Å². The average molecular weight is 277 g/mol. The van der Waals surface area contributed by atoms with Crippen LogP contribution in [0, 0.1) is 17.8 Å². The van der Waals surface area contributed by atoms with Crippen molar-refractivity contribution in [3.63, 3.8) is 0 Å². The van der Waals surface area contributed by atoms with Crippen LogP contribution < -0.4 is 5.73 Å². The number of hydrogen-bond acceptors (Lipinski definition) is 4. The second-order valence-electron chi connectivity index (χ2n) is 6.01. The summed E-state index contributed by atoms with van der Waals surface area (Å²) in [6, 6.07) is 0. The summed E-state index contributed by atoms with van der Waals surface area (Å²) >= 11 is 0. The van der Waals surface area contributed by atoms with Crippen LogP contribution in [0.1, 0.15) is 39.5 Å². The van der Waals surface area contributed by atoms with Gasteiger partial charge >= 0.3 is 0 Å². The Morgan fingerprint density at radius 3 is 2.39 bits per heavy atom. The Kier molecular flexibility index (Phi) is 5.62. The SMILES string of the molecule is CC(C)C(CN)C(O)C1CCCC(S(C)(=O)=O)C1. The first-order valence-electron chi connectivity index (χ1n) is 6.84. The van der Waals surface area contributed by atoms with E-state index < -0.39 is 15.9 Å². The van der Waals surface area contributed by atoms with Crippen LogP contribution in [0.5, 0.6) is 0 Å². The van der Waals surface area contributed by atoms with Crippen molar-refractivity contribution < 1.29 is 13.5 Å². The van der Waals surface area contributed by atoms with Gasteiger partial charge in [0, 0.05) is 6.26 Å². The molecule has 4 nitrogen and oxygen atoms in total. The second kappa shape index (κ2) is 6.35. The van der Waals surface area contributed by atoms with E-state index in [1.54, 1.807) is 0 Å². The molecule has 0 aliphatic heterocycles. The lowest BCUT2D eigenvalue weighted by Crippen LogP contribution is -2.41. The topological polar surface area (TPSA) is 80.4 Å². The summed E-state index contributed by atoms with van der Waals surface area (Å²) in [7, 11) is -2.99. The van der Waals surface area contributed by atoms with Gasteiger partial charge in [-0.3, -0.25) is 0 Å². The Morgan fingerprint density at radius 1 is 1.33 bits per heavy atom. The zero-order valence-corrected chi connectivity index (χ0v) is 12.5. The largest absolute Gasteiger partial charge is 0.392 e. The monoisotopic (exact) mass is 277 g/mol. The van der Waals surface area contributed by atoms with E-state index in [-0.39, 0.29) is 17.1 Å². The zero-order valence-electron chi connectivity index (χ0n) is 11.7. The van der Waals surface area contributed by atoms with Crippen molar-refractivity contribution >= 4 is 9.84 Å². The fraction of sp³-hybridized carbons (Fsp3) is 1.00. The first-order valence-corrected chi connectivity index (χ1v) is 8.79. The molecule has 18 heavy (non-hydrogen) atoms. The van der Waals surface area contributed by atoms with Crippen LogP contribution in [0.3, 0.4) is 0 Å². The van der Waals surface area contributed by atoms with Gasteiger partial charge in [0.1, 0.15) is 9.84 Å². The lowest BCUT2D eigenvalue weighted by Gasteiger charge is -2.36. The van der Waals surface area contributed by atoms with E-state index in [0.717, 1.165) is 19.3 Å². The quantitative estimate of drug-likeness (QED) is 0.791. The van der Waals surface area contributed by atoms with Crippen molar-refractivity contribution in [1.82, 2.24) is 0 Å². The maximum Gasteiger partial charge on any atom is 0.150 e. The Labute approximate surface area is 111 Å². The zero-order chi connectivity index (χ0) is 13.9. The van der Waals surface area contributed by atoms with Crippen molar-refractivity contribution in [1.29, 1.82) is 0 Å². The Morgan fingerprint density at radius 2 is 1.94 bits per heavy atom. The number of aliphatic hydroxyl groups is 1. The smallest absolute Gasteiger partial charge is 0.150 e. The third kappa shape index (κ3) is 3.93. The van der Waals surface area contributed by atoms with Crippen LogP contribution in [0.2, 0.25) is 0 Å². The van der Waals surface area contributed by atoms with Gasteiger partial charge in [-0.25, -0.2) is 8.42 Å². The molecule has 1 rings (SSSR count). The van der Waals surface area contributed by atoms with Crippen LogP contribution in [0.4, 0.5) is 0 Å². The summed E-state index contributed by atoms with van der Waals surface area (Å²) in [5.74, 6) is 0.464. The van der Waals surface area contributed by atoms with Gasteiger partial charge in [-0.1, -0.05) is 20.3 Å². The number of hydrogen-bond donors (Lipinski definition) is 2. The molecule has 1 saturated carbocycles. The average Bonchev–Trinajstić information content (AvgIpc) is 2.28. The van der Waals surface area contributed by atoms with Gasteiger partial charge in [0.25, 0.3) is 0 Å². The maximum atomic E-state index is 11.6. The van der Waals surface area contributed by atoms with Crippen LogP contribution in [-0.2, 0) is 9.84 Å². The van der Waals surface area contributed by atoms with Gasteiger partial charge in [0.2, 0.25) is 0 Å². The van der Waals surface area contributed by atoms with E-state index in [4.69, 9.17) is 5.73 Å². The molecule has 0 bridgehead atoms. The van der Waals surface area contributed by atoms with Gasteiger partial charge in [0.05, 0.1) is 11.4 Å². The molecule has 0 aromatic carbocycles. The third-order valence-electron chi connectivity index (χ3n) is 4.32. The number of nitrogens with two attached hydrogens (primary N) is 1. The first kappa shape index (κ1) is 15.9. The molecule has 1 aliphatic rings. The number of sulfone groups is 1. The number of rotatable bonds is 5. The van der Waals surface area contributed by atoms with Crippen LogP contribution in [0.25, 0.3) is 0 Å². The van der Waals surface area contributed by atoms with Gasteiger partial charge in [-0.05, 0) is 43.6 Å². The molecule has 0 amide bonds. The first-order chi connectivity index (χ1) is 8.27. The summed E-state index contributed by atoms with van der Waals surface area (Å²) in [6.45, 7) is 4.56. The predicted molar refractivity (Wildman–Crippen MR) is 74.0 cm³/mol. The van der Waals surface area contributed by atoms with Crippen molar-refractivity contribution in [2.75, 3.05) is 12.8 Å². The molecule has 0 aromatic rings. The van der Waals surface area contributed by atoms with Crippen LogP contribution in [0.15, 0.2) is 0 Å². The summed E-state index contributed by atoms with van der Waals surface area (Å²) < 4.78 is 23.2. The molecule has 4 unspecified atom stereocenters. The maximum absolute atomic E-state index is 11.6. The van der Waals surface area contributed by atoms with E-state index in [0.29, 0.717) is 18.9 Å². The van der Waals surface area contributed by atoms with E-state index >= 15 is 0 Å². The molecule has 0 saturated heterocycles. The molecule has 4 atom stereocenters. The Balaban J connectivity index is 2.71. The Hall–Kier alpha value is -0.130. The predicted octanol–water partition coefficient (Wildman–Crippen LogP) is 1.18. The van der Waals surface area contributed by atoms with Gasteiger partial charge in [-0.15, -0.1) is 0 Å². The molecule has 0 aromatic heterocycles. The molecule has 0 heterocycles. The van der Waals surface area contributed by atoms with E-state index in [9.17, 15) is 13.5 Å². The lowest BCUT2D eigenvalue weighted by atomic mass is 9.77. The molecular weight excluding hydrogens is 250 g/mol. The molecule has 0 spiro atoms. The number of aliphatic hydroxyl groups excluding tert-OH is 1. The minimum Gasteiger partial charge on any atom is -0.392 e. The van der Waals surface area contributed by atoms with Gasteiger partial charge < -0.3 is 10.8 Å². The molecule has 3 N–H and O–H groups in total. The van der Waals surface area contributed by atoms with Crippen molar-refractivity contribution in [2.45, 2.75) is 50.9 Å². The fourth-order valence-corrected chi connectivity index (χ4v) is 4.23. The minimum absolute atomic E-state index is 0.0633. The normalized spacial score (nSPS) is 29.2. The van der Waals surface area contributed by atoms with Gasteiger partial charge in [-0.2, -0.15) is 0 Å². The van der Waals surface area contributed by atoms with Crippen molar-refractivity contribution in [2.24, 2.45) is 23.5 Å². The lowest BCUT2D eigenvalue weighted by molar-refractivity contribution is 0.0193. The second-order valence-corrected chi connectivity index (χ2v) is 8.34. The molecule has 1 fully saturated rings. The summed E-state index contributed by atoms with van der Waals surface area (Å²) in [4.78, 5) is 0. The highest BCUT2D eigenvalue weighted by atomic mass is 32.2. The van der Waals surface area contributed by atoms with Crippen LogP contribution in [-0.4, -0.2) is 37.7 Å². The Bertz CT molecular complexity index is 353.